The minimum atomic E-state index is 0.471. The highest BCUT2D eigenvalue weighted by molar-refractivity contribution is 5.85. The summed E-state index contributed by atoms with van der Waals surface area (Å²) in [5, 5.41) is 0. The van der Waals surface area contributed by atoms with E-state index in [1.54, 1.807) is 7.11 Å². The molecule has 0 bridgehead atoms. The molecule has 1 atom stereocenters. The Morgan fingerprint density at radius 2 is 1.88 bits per heavy atom. The van der Waals surface area contributed by atoms with Crippen LogP contribution in [0.25, 0.3) is 0 Å². The van der Waals surface area contributed by atoms with Gasteiger partial charge in [-0.25, -0.2) is 0 Å². The summed E-state index contributed by atoms with van der Waals surface area (Å²) in [5.74, 6) is 3.43. The summed E-state index contributed by atoms with van der Waals surface area (Å²) in [7, 11) is 3.82. The normalized spacial score (nSPS) is 18.8. The van der Waals surface area contributed by atoms with Gasteiger partial charge in [-0.1, -0.05) is 30.3 Å². The van der Waals surface area contributed by atoms with Gasteiger partial charge in [0.25, 0.3) is 0 Å². The Morgan fingerprint density at radius 3 is 2.67 bits per heavy atom. The number of aliphatic imine (C=N–C) groups is 1. The maximum Gasteiger partial charge on any atom is 0.119 e. The Labute approximate surface area is 143 Å². The number of nitrogens with zero attached hydrogens (tertiary/aromatic N) is 2. The van der Waals surface area contributed by atoms with Crippen LogP contribution in [0.3, 0.4) is 0 Å². The lowest BCUT2D eigenvalue weighted by Crippen LogP contribution is -2.20. The van der Waals surface area contributed by atoms with E-state index in [-0.39, 0.29) is 0 Å². The second kappa shape index (κ2) is 7.86. The molecule has 0 aromatic heterocycles. The molecule has 2 aromatic carbocycles. The molecule has 126 valence electrons. The number of para-hydroxylation sites is 1. The molecule has 0 spiro atoms. The zero-order valence-corrected chi connectivity index (χ0v) is 14.3. The largest absolute Gasteiger partial charge is 0.497 e. The molecule has 1 saturated heterocycles. The fourth-order valence-corrected chi connectivity index (χ4v) is 3.04. The lowest BCUT2D eigenvalue weighted by atomic mass is 9.98. The van der Waals surface area contributed by atoms with Crippen LogP contribution in [0.15, 0.2) is 59.6 Å². The Hall–Kier alpha value is -2.49. The van der Waals surface area contributed by atoms with Crippen molar-refractivity contribution in [3.8, 4) is 11.5 Å². The van der Waals surface area contributed by atoms with Gasteiger partial charge in [-0.05, 0) is 29.8 Å². The third kappa shape index (κ3) is 4.07. The molecule has 3 rings (SSSR count). The number of hydrogen-bond donors (Lipinski definition) is 0. The summed E-state index contributed by atoms with van der Waals surface area (Å²) in [6.45, 7) is 2.27. The summed E-state index contributed by atoms with van der Waals surface area (Å²) in [6.07, 6.45) is 0.967. The first-order valence-corrected chi connectivity index (χ1v) is 8.32. The van der Waals surface area contributed by atoms with E-state index < -0.39 is 0 Å². The smallest absolute Gasteiger partial charge is 0.119 e. The predicted molar refractivity (Wildman–Crippen MR) is 97.2 cm³/mol. The number of likely N-dealkylation sites (tertiary alicyclic amines) is 1. The van der Waals surface area contributed by atoms with E-state index >= 15 is 0 Å². The molecule has 4 heteroatoms. The maximum absolute atomic E-state index is 5.70. The van der Waals surface area contributed by atoms with Crippen LogP contribution < -0.4 is 9.47 Å². The van der Waals surface area contributed by atoms with Crippen molar-refractivity contribution in [1.29, 1.82) is 0 Å². The topological polar surface area (TPSA) is 34.1 Å². The van der Waals surface area contributed by atoms with Gasteiger partial charge in [-0.3, -0.25) is 4.99 Å². The van der Waals surface area contributed by atoms with E-state index in [1.807, 2.05) is 36.4 Å². The Kier molecular flexibility index (Phi) is 5.36. The molecule has 1 aliphatic rings. The van der Waals surface area contributed by atoms with Crippen LogP contribution in [-0.4, -0.2) is 44.6 Å². The van der Waals surface area contributed by atoms with Crippen LogP contribution in [0.2, 0.25) is 0 Å². The average Bonchev–Trinajstić information content (AvgIpc) is 3.00. The highest BCUT2D eigenvalue weighted by atomic mass is 16.5. The van der Waals surface area contributed by atoms with Crippen molar-refractivity contribution in [3.05, 3.63) is 60.2 Å². The summed E-state index contributed by atoms with van der Waals surface area (Å²) < 4.78 is 11.0. The van der Waals surface area contributed by atoms with Crippen molar-refractivity contribution in [2.24, 2.45) is 4.99 Å². The molecule has 0 aliphatic carbocycles. The highest BCUT2D eigenvalue weighted by Gasteiger charge is 2.26. The molecule has 24 heavy (non-hydrogen) atoms. The van der Waals surface area contributed by atoms with Crippen LogP contribution in [0.4, 0.5) is 0 Å². The molecule has 0 radical (unpaired) electrons. The first-order chi connectivity index (χ1) is 11.8. The lowest BCUT2D eigenvalue weighted by Gasteiger charge is -2.13. The maximum atomic E-state index is 5.70. The van der Waals surface area contributed by atoms with Crippen LogP contribution in [0.1, 0.15) is 17.9 Å². The number of ether oxygens (including phenoxy) is 2. The number of likely N-dealkylation sites (N-methyl/N-ethyl adjacent to an activating group) is 1. The number of amidine groups is 1. The van der Waals surface area contributed by atoms with Crippen molar-refractivity contribution in [1.82, 2.24) is 4.90 Å². The molecule has 1 unspecified atom stereocenters. The van der Waals surface area contributed by atoms with Gasteiger partial charge < -0.3 is 14.4 Å². The SMILES string of the molecule is COc1cccc(C2CC(=NCCOc3ccccc3)N(C)C2)c1. The summed E-state index contributed by atoms with van der Waals surface area (Å²) in [5.41, 5.74) is 1.31. The zero-order valence-electron chi connectivity index (χ0n) is 14.3. The summed E-state index contributed by atoms with van der Waals surface area (Å²) in [6, 6.07) is 18.2. The standard InChI is InChI=1S/C20H24N2O2/c1-22-15-17(16-7-6-10-19(13-16)23-2)14-20(22)21-11-12-24-18-8-4-3-5-9-18/h3-10,13,17H,11-12,14-15H2,1-2H3. The van der Waals surface area contributed by atoms with Crippen LogP contribution in [-0.2, 0) is 0 Å². The van der Waals surface area contributed by atoms with Gasteiger partial charge in [0.15, 0.2) is 0 Å². The van der Waals surface area contributed by atoms with E-state index in [0.717, 1.165) is 30.3 Å². The Bertz CT molecular complexity index is 685. The molecular weight excluding hydrogens is 300 g/mol. The Balaban J connectivity index is 1.55. The number of methoxy groups -OCH3 is 1. The minimum Gasteiger partial charge on any atom is -0.497 e. The van der Waals surface area contributed by atoms with Gasteiger partial charge >= 0.3 is 0 Å². The lowest BCUT2D eigenvalue weighted by molar-refractivity contribution is 0.328. The van der Waals surface area contributed by atoms with Crippen molar-refractivity contribution in [2.45, 2.75) is 12.3 Å². The summed E-state index contributed by atoms with van der Waals surface area (Å²) in [4.78, 5) is 6.97. The first kappa shape index (κ1) is 16.4. The molecule has 2 aromatic rings. The van der Waals surface area contributed by atoms with Gasteiger partial charge in [0.1, 0.15) is 18.1 Å². The average molecular weight is 324 g/mol. The molecule has 1 fully saturated rings. The second-order valence-corrected chi connectivity index (χ2v) is 6.02. The Morgan fingerprint density at radius 1 is 1.08 bits per heavy atom. The van der Waals surface area contributed by atoms with Crippen molar-refractivity contribution in [3.63, 3.8) is 0 Å². The quantitative estimate of drug-likeness (QED) is 0.762. The molecule has 1 aliphatic heterocycles. The monoisotopic (exact) mass is 324 g/mol. The summed E-state index contributed by atoms with van der Waals surface area (Å²) >= 11 is 0. The van der Waals surface area contributed by atoms with Crippen molar-refractivity contribution >= 4 is 5.84 Å². The van der Waals surface area contributed by atoms with Crippen LogP contribution in [0, 0.1) is 0 Å². The number of hydrogen-bond acceptors (Lipinski definition) is 3. The molecule has 1 heterocycles. The molecule has 0 saturated carbocycles. The van der Waals surface area contributed by atoms with Crippen LogP contribution in [0.5, 0.6) is 11.5 Å². The van der Waals surface area contributed by atoms with E-state index in [2.05, 4.69) is 30.1 Å². The third-order valence-corrected chi connectivity index (χ3v) is 4.33. The van der Waals surface area contributed by atoms with Crippen molar-refractivity contribution in [2.75, 3.05) is 33.9 Å². The fourth-order valence-electron chi connectivity index (χ4n) is 3.04. The zero-order chi connectivity index (χ0) is 16.8. The molecule has 0 N–H and O–H groups in total. The first-order valence-electron chi connectivity index (χ1n) is 8.32. The fraction of sp³-hybridized carbons (Fsp3) is 0.350. The van der Waals surface area contributed by atoms with Crippen LogP contribution >= 0.6 is 0 Å². The highest BCUT2D eigenvalue weighted by Crippen LogP contribution is 2.29. The van der Waals surface area contributed by atoms with E-state index in [0.29, 0.717) is 19.1 Å². The predicted octanol–water partition coefficient (Wildman–Crippen LogP) is 3.59. The number of rotatable bonds is 6. The van der Waals surface area contributed by atoms with Gasteiger partial charge in [-0.2, -0.15) is 0 Å². The van der Waals surface area contributed by atoms with Crippen molar-refractivity contribution < 1.29 is 9.47 Å². The van der Waals surface area contributed by atoms with Gasteiger partial charge in [0, 0.05) is 25.9 Å². The van der Waals surface area contributed by atoms with Gasteiger partial charge in [0.05, 0.1) is 19.5 Å². The van der Waals surface area contributed by atoms with E-state index in [1.165, 1.54) is 5.56 Å². The molecule has 0 amide bonds. The minimum absolute atomic E-state index is 0.471. The molecular formula is C20H24N2O2. The van der Waals surface area contributed by atoms with Gasteiger partial charge in [0.2, 0.25) is 0 Å². The van der Waals surface area contributed by atoms with E-state index in [9.17, 15) is 0 Å². The molecule has 4 nitrogen and oxygen atoms in total. The third-order valence-electron chi connectivity index (χ3n) is 4.33. The second-order valence-electron chi connectivity index (χ2n) is 6.02. The van der Waals surface area contributed by atoms with E-state index in [4.69, 9.17) is 14.5 Å². The van der Waals surface area contributed by atoms with Gasteiger partial charge in [-0.15, -0.1) is 0 Å². The number of benzene rings is 2.